The molecule has 0 heterocycles. The van der Waals surface area contributed by atoms with Gasteiger partial charge in [-0.25, -0.2) is 0 Å². The standard InChI is InChI=1S/C18H32O2/c1-11-8-12(2)16(14(19)9-11)20-15-10-13-6-7-18(15,5)17(13,3)4/h11-16,19H,6-10H2,1-5H3. The Kier molecular flexibility index (Phi) is 3.49. The van der Waals surface area contributed by atoms with Crippen LogP contribution < -0.4 is 0 Å². The Balaban J connectivity index is 1.73. The number of ether oxygens (including phenoxy) is 1. The fourth-order valence-electron chi connectivity index (χ4n) is 5.54. The molecule has 0 amide bonds. The monoisotopic (exact) mass is 280 g/mol. The van der Waals surface area contributed by atoms with E-state index in [0.717, 1.165) is 12.3 Å². The van der Waals surface area contributed by atoms with Crippen LogP contribution in [0.25, 0.3) is 0 Å². The van der Waals surface area contributed by atoms with E-state index in [9.17, 15) is 5.11 Å². The minimum Gasteiger partial charge on any atom is -0.390 e. The summed E-state index contributed by atoms with van der Waals surface area (Å²) in [5.41, 5.74) is 0.702. The Morgan fingerprint density at radius 1 is 1.05 bits per heavy atom. The van der Waals surface area contributed by atoms with Crippen LogP contribution in [-0.2, 0) is 4.74 Å². The first-order valence-electron chi connectivity index (χ1n) is 8.59. The van der Waals surface area contributed by atoms with Crippen molar-refractivity contribution in [2.24, 2.45) is 28.6 Å². The lowest BCUT2D eigenvalue weighted by atomic mass is 9.69. The molecule has 2 nitrogen and oxygen atoms in total. The summed E-state index contributed by atoms with van der Waals surface area (Å²) in [6.07, 6.45) is 6.11. The predicted molar refractivity (Wildman–Crippen MR) is 81.5 cm³/mol. The summed E-state index contributed by atoms with van der Waals surface area (Å²) in [5.74, 6) is 1.93. The Morgan fingerprint density at radius 3 is 2.25 bits per heavy atom. The first-order chi connectivity index (χ1) is 9.25. The van der Waals surface area contributed by atoms with Crippen LogP contribution >= 0.6 is 0 Å². The number of fused-ring (bicyclic) bond motifs is 2. The highest BCUT2D eigenvalue weighted by Gasteiger charge is 2.62. The Morgan fingerprint density at radius 2 is 1.75 bits per heavy atom. The highest BCUT2D eigenvalue weighted by molar-refractivity contribution is 5.11. The SMILES string of the molecule is CC1CC(C)C(OC2CC3CCC2(C)C3(C)C)C(O)C1. The van der Waals surface area contributed by atoms with E-state index < -0.39 is 0 Å². The number of hydrogen-bond donors (Lipinski definition) is 1. The van der Waals surface area contributed by atoms with Crippen molar-refractivity contribution in [2.45, 2.75) is 85.0 Å². The van der Waals surface area contributed by atoms with Crippen LogP contribution in [-0.4, -0.2) is 23.4 Å². The van der Waals surface area contributed by atoms with Crippen molar-refractivity contribution < 1.29 is 9.84 Å². The zero-order valence-electron chi connectivity index (χ0n) is 13.9. The first kappa shape index (κ1) is 14.8. The Hall–Kier alpha value is -0.0800. The predicted octanol–water partition coefficient (Wildman–Crippen LogP) is 4.01. The van der Waals surface area contributed by atoms with Crippen LogP contribution in [0, 0.1) is 28.6 Å². The second-order valence-electron chi connectivity index (χ2n) is 8.82. The van der Waals surface area contributed by atoms with Gasteiger partial charge in [-0.1, -0.05) is 34.6 Å². The topological polar surface area (TPSA) is 29.5 Å². The van der Waals surface area contributed by atoms with Crippen LogP contribution in [0.2, 0.25) is 0 Å². The van der Waals surface area contributed by atoms with E-state index >= 15 is 0 Å². The van der Waals surface area contributed by atoms with Crippen molar-refractivity contribution in [3.63, 3.8) is 0 Å². The summed E-state index contributed by atoms with van der Waals surface area (Å²) >= 11 is 0. The van der Waals surface area contributed by atoms with Crippen molar-refractivity contribution in [1.82, 2.24) is 0 Å². The summed E-state index contributed by atoms with van der Waals surface area (Å²) in [6.45, 7) is 11.8. The van der Waals surface area contributed by atoms with Crippen molar-refractivity contribution in [1.29, 1.82) is 0 Å². The molecule has 2 bridgehead atoms. The normalized spacial score (nSPS) is 54.3. The average Bonchev–Trinajstić information content (AvgIpc) is 2.66. The molecule has 3 aliphatic rings. The average molecular weight is 280 g/mol. The van der Waals surface area contributed by atoms with Gasteiger partial charge in [0.15, 0.2) is 0 Å². The third kappa shape index (κ3) is 1.98. The third-order valence-electron chi connectivity index (χ3n) is 7.39. The summed E-state index contributed by atoms with van der Waals surface area (Å²) in [7, 11) is 0. The minimum absolute atomic E-state index is 0.0585. The third-order valence-corrected chi connectivity index (χ3v) is 7.39. The van der Waals surface area contributed by atoms with E-state index in [4.69, 9.17) is 4.74 Å². The molecule has 0 aromatic rings. The van der Waals surface area contributed by atoms with Crippen molar-refractivity contribution in [3.8, 4) is 0 Å². The van der Waals surface area contributed by atoms with Gasteiger partial charge in [0.1, 0.15) is 0 Å². The lowest BCUT2D eigenvalue weighted by Crippen LogP contribution is -2.47. The summed E-state index contributed by atoms with van der Waals surface area (Å²) < 4.78 is 6.55. The molecular formula is C18H32O2. The molecule has 0 saturated heterocycles. The fourth-order valence-corrected chi connectivity index (χ4v) is 5.54. The zero-order valence-corrected chi connectivity index (χ0v) is 13.9. The molecule has 3 rings (SSSR count). The molecule has 0 aliphatic heterocycles. The summed E-state index contributed by atoms with van der Waals surface area (Å²) in [5, 5.41) is 10.4. The quantitative estimate of drug-likeness (QED) is 0.828. The summed E-state index contributed by atoms with van der Waals surface area (Å²) in [4.78, 5) is 0. The smallest absolute Gasteiger partial charge is 0.0863 e. The molecule has 20 heavy (non-hydrogen) atoms. The Labute approximate surface area is 124 Å². The largest absolute Gasteiger partial charge is 0.390 e. The van der Waals surface area contributed by atoms with Crippen LogP contribution in [0.1, 0.15) is 66.7 Å². The lowest BCUT2D eigenvalue weighted by molar-refractivity contribution is -0.159. The second kappa shape index (κ2) is 4.71. The number of aliphatic hydroxyl groups is 1. The number of rotatable bonds is 2. The maximum absolute atomic E-state index is 10.4. The highest BCUT2D eigenvalue weighted by atomic mass is 16.5. The van der Waals surface area contributed by atoms with Gasteiger partial charge in [0, 0.05) is 0 Å². The van der Waals surface area contributed by atoms with Gasteiger partial charge in [0.2, 0.25) is 0 Å². The molecule has 7 atom stereocenters. The maximum Gasteiger partial charge on any atom is 0.0863 e. The maximum atomic E-state index is 10.4. The van der Waals surface area contributed by atoms with E-state index in [1.165, 1.54) is 25.7 Å². The molecule has 3 saturated carbocycles. The van der Waals surface area contributed by atoms with E-state index in [0.29, 0.717) is 28.8 Å². The van der Waals surface area contributed by atoms with Crippen LogP contribution in [0.3, 0.4) is 0 Å². The fraction of sp³-hybridized carbons (Fsp3) is 1.00. The first-order valence-corrected chi connectivity index (χ1v) is 8.59. The van der Waals surface area contributed by atoms with E-state index in [1.807, 2.05) is 0 Å². The van der Waals surface area contributed by atoms with Gasteiger partial charge in [-0.2, -0.15) is 0 Å². The molecule has 0 spiro atoms. The van der Waals surface area contributed by atoms with Gasteiger partial charge in [-0.15, -0.1) is 0 Å². The van der Waals surface area contributed by atoms with Crippen molar-refractivity contribution in [2.75, 3.05) is 0 Å². The van der Waals surface area contributed by atoms with Gasteiger partial charge < -0.3 is 9.84 Å². The molecule has 3 aliphatic carbocycles. The molecule has 2 heteroatoms. The molecule has 0 aromatic carbocycles. The van der Waals surface area contributed by atoms with E-state index in [-0.39, 0.29) is 12.2 Å². The summed E-state index contributed by atoms with van der Waals surface area (Å²) in [6, 6.07) is 0. The number of hydrogen-bond acceptors (Lipinski definition) is 2. The van der Waals surface area contributed by atoms with Gasteiger partial charge >= 0.3 is 0 Å². The van der Waals surface area contributed by atoms with E-state index in [1.54, 1.807) is 0 Å². The van der Waals surface area contributed by atoms with Crippen molar-refractivity contribution in [3.05, 3.63) is 0 Å². The molecule has 0 radical (unpaired) electrons. The number of aliphatic hydroxyl groups excluding tert-OH is 1. The van der Waals surface area contributed by atoms with Crippen LogP contribution in [0.5, 0.6) is 0 Å². The molecule has 3 fully saturated rings. The van der Waals surface area contributed by atoms with Gasteiger partial charge in [-0.3, -0.25) is 0 Å². The van der Waals surface area contributed by atoms with Gasteiger partial charge in [0.25, 0.3) is 0 Å². The minimum atomic E-state index is -0.264. The van der Waals surface area contributed by atoms with E-state index in [2.05, 4.69) is 34.6 Å². The van der Waals surface area contributed by atoms with Crippen LogP contribution in [0.4, 0.5) is 0 Å². The Bertz CT molecular complexity index is 366. The lowest BCUT2D eigenvalue weighted by Gasteiger charge is -2.44. The van der Waals surface area contributed by atoms with Crippen molar-refractivity contribution >= 4 is 0 Å². The molecule has 1 N–H and O–H groups in total. The van der Waals surface area contributed by atoms with Crippen LogP contribution in [0.15, 0.2) is 0 Å². The molecular weight excluding hydrogens is 248 g/mol. The second-order valence-corrected chi connectivity index (χ2v) is 8.82. The van der Waals surface area contributed by atoms with Gasteiger partial charge in [0.05, 0.1) is 18.3 Å². The molecule has 116 valence electrons. The molecule has 7 unspecified atom stereocenters. The molecule has 0 aromatic heterocycles. The zero-order chi connectivity index (χ0) is 14.7. The van der Waals surface area contributed by atoms with Gasteiger partial charge in [-0.05, 0) is 60.7 Å². The highest BCUT2D eigenvalue weighted by Crippen LogP contribution is 2.66.